The van der Waals surface area contributed by atoms with Crippen molar-refractivity contribution in [2.75, 3.05) is 0 Å². The number of thiazole rings is 2. The molecule has 5 aromatic rings. The van der Waals surface area contributed by atoms with E-state index in [4.69, 9.17) is 0 Å². The minimum atomic E-state index is 0.766. The lowest BCUT2D eigenvalue weighted by atomic mass is 10.2. The molecule has 0 atom stereocenters. The van der Waals surface area contributed by atoms with Crippen LogP contribution in [0, 0.1) is 0 Å². The molecule has 0 aliphatic heterocycles. The number of nitrogens with zero attached hydrogens (tertiary/aromatic N) is 4. The Balaban J connectivity index is 1.30. The van der Waals surface area contributed by atoms with Crippen molar-refractivity contribution >= 4 is 65.8 Å². The minimum absolute atomic E-state index is 0.766. The fourth-order valence-electron chi connectivity index (χ4n) is 2.76. The zero-order valence-electron chi connectivity index (χ0n) is 14.7. The average Bonchev–Trinajstić information content (AvgIpc) is 3.34. The summed E-state index contributed by atoms with van der Waals surface area (Å²) in [5.41, 5.74) is 4.02. The van der Waals surface area contributed by atoms with Gasteiger partial charge in [-0.3, -0.25) is 0 Å². The van der Waals surface area contributed by atoms with Gasteiger partial charge in [0, 0.05) is 12.4 Å². The van der Waals surface area contributed by atoms with Crippen LogP contribution < -0.4 is 0 Å². The molecular weight excluding hydrogens is 384 g/mol. The first kappa shape index (κ1) is 16.9. The maximum atomic E-state index is 4.52. The Morgan fingerprint density at radius 1 is 0.571 bits per heavy atom. The number of fused-ring (bicyclic) bond motifs is 2. The lowest BCUT2D eigenvalue weighted by Gasteiger charge is -1.94. The summed E-state index contributed by atoms with van der Waals surface area (Å²) >= 11 is 3.18. The van der Waals surface area contributed by atoms with Gasteiger partial charge in [0.25, 0.3) is 0 Å². The van der Waals surface area contributed by atoms with E-state index in [0.717, 1.165) is 41.8 Å². The number of para-hydroxylation sites is 2. The Hall–Kier alpha value is -3.22. The summed E-state index contributed by atoms with van der Waals surface area (Å²) in [5.74, 6) is 0. The van der Waals surface area contributed by atoms with Gasteiger partial charge < -0.3 is 0 Å². The highest BCUT2D eigenvalue weighted by atomic mass is 32.1. The van der Waals surface area contributed by atoms with Crippen LogP contribution in [0.3, 0.4) is 0 Å². The van der Waals surface area contributed by atoms with Crippen molar-refractivity contribution in [3.05, 3.63) is 83.9 Å². The molecule has 4 nitrogen and oxygen atoms in total. The Kier molecular flexibility index (Phi) is 4.48. The van der Waals surface area contributed by atoms with Gasteiger partial charge in [-0.05, 0) is 35.4 Å². The van der Waals surface area contributed by atoms with Gasteiger partial charge >= 0.3 is 0 Å². The molecule has 134 valence electrons. The molecule has 5 rings (SSSR count). The zero-order chi connectivity index (χ0) is 18.8. The van der Waals surface area contributed by atoms with Gasteiger partial charge in [0.1, 0.15) is 0 Å². The smallest absolute Gasteiger partial charge is 0.210 e. The van der Waals surface area contributed by atoms with Crippen molar-refractivity contribution in [2.24, 2.45) is 9.98 Å². The van der Waals surface area contributed by atoms with Gasteiger partial charge in [0.05, 0.1) is 20.4 Å². The third-order valence-corrected chi connectivity index (χ3v) is 6.04. The molecule has 2 aromatic heterocycles. The first-order chi connectivity index (χ1) is 13.8. The Morgan fingerprint density at radius 2 is 1.00 bits per heavy atom. The van der Waals surface area contributed by atoms with E-state index in [1.807, 2.05) is 73.1 Å². The molecular formula is C22H14N4S2. The lowest BCUT2D eigenvalue weighted by Crippen LogP contribution is -1.84. The van der Waals surface area contributed by atoms with Gasteiger partial charge in [-0.1, -0.05) is 71.2 Å². The van der Waals surface area contributed by atoms with E-state index in [1.165, 1.54) is 0 Å². The second-order valence-corrected chi connectivity index (χ2v) is 8.13. The van der Waals surface area contributed by atoms with E-state index in [2.05, 4.69) is 32.1 Å². The van der Waals surface area contributed by atoms with Crippen LogP contribution in [0.15, 0.2) is 82.8 Å². The van der Waals surface area contributed by atoms with Crippen molar-refractivity contribution in [2.45, 2.75) is 0 Å². The van der Waals surface area contributed by atoms with Crippen molar-refractivity contribution in [1.29, 1.82) is 0 Å². The van der Waals surface area contributed by atoms with Crippen LogP contribution in [0.25, 0.3) is 20.4 Å². The second kappa shape index (κ2) is 7.42. The molecule has 28 heavy (non-hydrogen) atoms. The fourth-order valence-corrected chi connectivity index (χ4v) is 4.38. The minimum Gasteiger partial charge on any atom is -0.227 e. The molecule has 0 spiro atoms. The summed E-state index contributed by atoms with van der Waals surface area (Å²) in [6.07, 6.45) is 3.68. The monoisotopic (exact) mass is 398 g/mol. The summed E-state index contributed by atoms with van der Waals surface area (Å²) in [6, 6.07) is 24.2. The fraction of sp³-hybridized carbons (Fsp3) is 0. The predicted molar refractivity (Wildman–Crippen MR) is 120 cm³/mol. The van der Waals surface area contributed by atoms with E-state index >= 15 is 0 Å². The van der Waals surface area contributed by atoms with Crippen LogP contribution in [0.4, 0.5) is 10.3 Å². The van der Waals surface area contributed by atoms with Gasteiger partial charge in [0.15, 0.2) is 0 Å². The summed E-state index contributed by atoms with van der Waals surface area (Å²) in [7, 11) is 0. The van der Waals surface area contributed by atoms with Gasteiger partial charge in [-0.2, -0.15) is 0 Å². The Bertz CT molecular complexity index is 1140. The molecule has 0 aliphatic rings. The van der Waals surface area contributed by atoms with Crippen LogP contribution in [-0.2, 0) is 0 Å². The van der Waals surface area contributed by atoms with E-state index in [1.54, 1.807) is 22.7 Å². The average molecular weight is 399 g/mol. The first-order valence-electron chi connectivity index (χ1n) is 8.73. The van der Waals surface area contributed by atoms with Crippen LogP contribution in [0.2, 0.25) is 0 Å². The molecule has 2 heterocycles. The molecule has 0 aliphatic carbocycles. The van der Waals surface area contributed by atoms with Crippen LogP contribution >= 0.6 is 22.7 Å². The molecule has 3 aromatic carbocycles. The summed E-state index contributed by atoms with van der Waals surface area (Å²) in [4.78, 5) is 18.0. The highest BCUT2D eigenvalue weighted by molar-refractivity contribution is 7.22. The topological polar surface area (TPSA) is 50.5 Å². The molecule has 0 fully saturated rings. The molecule has 0 saturated heterocycles. The van der Waals surface area contributed by atoms with Crippen LogP contribution in [0.1, 0.15) is 11.1 Å². The number of hydrogen-bond donors (Lipinski definition) is 0. The highest BCUT2D eigenvalue weighted by Crippen LogP contribution is 2.28. The number of benzene rings is 3. The zero-order valence-corrected chi connectivity index (χ0v) is 16.3. The van der Waals surface area contributed by atoms with Crippen molar-refractivity contribution in [1.82, 2.24) is 9.97 Å². The Morgan fingerprint density at radius 3 is 1.43 bits per heavy atom. The lowest BCUT2D eigenvalue weighted by molar-refractivity contribution is 1.41. The van der Waals surface area contributed by atoms with Gasteiger partial charge in [0.2, 0.25) is 10.3 Å². The van der Waals surface area contributed by atoms with Crippen LogP contribution in [-0.4, -0.2) is 22.4 Å². The second-order valence-electron chi connectivity index (χ2n) is 6.11. The Labute approximate surface area is 169 Å². The van der Waals surface area contributed by atoms with Crippen LogP contribution in [0.5, 0.6) is 0 Å². The molecule has 0 bridgehead atoms. The standard InChI is InChI=1S/C22H14N4S2/c1-3-7-19-17(5-1)25-21(27-19)23-13-15-9-11-16(12-10-15)14-24-22-26-18-6-2-4-8-20(18)28-22/h1-14H. The number of aliphatic imine (C=N–C) groups is 2. The highest BCUT2D eigenvalue weighted by Gasteiger charge is 2.01. The SMILES string of the molecule is C(=Nc1nc2ccccc2s1)c1ccc(C=Nc2nc3ccccc3s2)cc1. The van der Waals surface area contributed by atoms with E-state index in [-0.39, 0.29) is 0 Å². The van der Waals surface area contributed by atoms with Gasteiger partial charge in [-0.15, -0.1) is 0 Å². The predicted octanol–water partition coefficient (Wildman–Crippen LogP) is 6.41. The van der Waals surface area contributed by atoms with Crippen molar-refractivity contribution in [3.8, 4) is 0 Å². The largest absolute Gasteiger partial charge is 0.227 e. The molecule has 0 unspecified atom stereocenters. The van der Waals surface area contributed by atoms with Crippen molar-refractivity contribution < 1.29 is 0 Å². The van der Waals surface area contributed by atoms with E-state index in [9.17, 15) is 0 Å². The van der Waals surface area contributed by atoms with E-state index in [0.29, 0.717) is 0 Å². The van der Waals surface area contributed by atoms with Gasteiger partial charge in [-0.25, -0.2) is 20.0 Å². The quantitative estimate of drug-likeness (QED) is 0.329. The maximum Gasteiger partial charge on any atom is 0.210 e. The molecule has 0 N–H and O–H groups in total. The molecule has 0 saturated carbocycles. The molecule has 0 amide bonds. The third-order valence-electron chi connectivity index (χ3n) is 4.15. The summed E-state index contributed by atoms with van der Waals surface area (Å²) in [6.45, 7) is 0. The van der Waals surface area contributed by atoms with E-state index < -0.39 is 0 Å². The number of rotatable bonds is 4. The molecule has 6 heteroatoms. The van der Waals surface area contributed by atoms with Crippen molar-refractivity contribution in [3.63, 3.8) is 0 Å². The third kappa shape index (κ3) is 3.60. The summed E-state index contributed by atoms with van der Waals surface area (Å²) in [5, 5.41) is 1.53. The number of hydrogen-bond acceptors (Lipinski definition) is 6. The normalized spacial score (nSPS) is 12.0. The first-order valence-corrected chi connectivity index (χ1v) is 10.4. The number of aromatic nitrogens is 2. The molecule has 0 radical (unpaired) electrons. The maximum absolute atomic E-state index is 4.52. The summed E-state index contributed by atoms with van der Waals surface area (Å²) < 4.78 is 2.30.